The van der Waals surface area contributed by atoms with Crippen LogP contribution >= 0.6 is 0 Å². The Hall–Kier alpha value is -3.29. The standard InChI is InChI=1S/C17H19N7O/c1-11-8-12(2)21-17(20-11)22-14(9-13-6-4-3-5-7-13)15(25)23-16-18-10-19-24-16/h3-8,10,14H,9H2,1-2H3,(H,20,21,22)(H2,18,19,23,24,25)/t14-/m0/s1. The Balaban J connectivity index is 1.81. The summed E-state index contributed by atoms with van der Waals surface area (Å²) in [6.07, 6.45) is 1.82. The predicted octanol–water partition coefficient (Wildman–Crippen LogP) is 1.87. The molecule has 0 unspecified atom stereocenters. The van der Waals surface area contributed by atoms with E-state index in [1.165, 1.54) is 6.33 Å². The number of nitrogens with one attached hydrogen (secondary N) is 3. The first kappa shape index (κ1) is 16.6. The first-order chi connectivity index (χ1) is 12.1. The van der Waals surface area contributed by atoms with E-state index in [1.54, 1.807) is 0 Å². The molecule has 8 nitrogen and oxygen atoms in total. The molecule has 3 rings (SSSR count). The van der Waals surface area contributed by atoms with Gasteiger partial charge in [0.05, 0.1) is 0 Å². The number of H-pyrrole nitrogens is 1. The van der Waals surface area contributed by atoms with Crippen molar-refractivity contribution in [3.05, 3.63) is 59.7 Å². The lowest BCUT2D eigenvalue weighted by Crippen LogP contribution is -2.37. The van der Waals surface area contributed by atoms with E-state index in [0.29, 0.717) is 18.3 Å². The van der Waals surface area contributed by atoms with Gasteiger partial charge in [-0.3, -0.25) is 10.1 Å². The van der Waals surface area contributed by atoms with Gasteiger partial charge in [0.2, 0.25) is 17.8 Å². The molecule has 25 heavy (non-hydrogen) atoms. The molecule has 8 heteroatoms. The van der Waals surface area contributed by atoms with E-state index in [2.05, 4.69) is 35.8 Å². The SMILES string of the molecule is Cc1cc(C)nc(N[C@@H](Cc2ccccc2)C(=O)Nc2ncn[nH]2)n1. The molecule has 1 aromatic carbocycles. The van der Waals surface area contributed by atoms with Crippen LogP contribution in [0, 0.1) is 13.8 Å². The predicted molar refractivity (Wildman–Crippen MR) is 94.1 cm³/mol. The molecule has 3 aromatic rings. The van der Waals surface area contributed by atoms with E-state index in [-0.39, 0.29) is 5.91 Å². The Labute approximate surface area is 145 Å². The van der Waals surface area contributed by atoms with E-state index < -0.39 is 6.04 Å². The third-order valence-electron chi connectivity index (χ3n) is 3.54. The highest BCUT2D eigenvalue weighted by molar-refractivity contribution is 5.95. The fourth-order valence-corrected chi connectivity index (χ4v) is 2.47. The molecule has 0 bridgehead atoms. The molecule has 2 aromatic heterocycles. The van der Waals surface area contributed by atoms with Crippen molar-refractivity contribution < 1.29 is 4.79 Å². The highest BCUT2D eigenvalue weighted by Gasteiger charge is 2.21. The Bertz CT molecular complexity index is 813. The fraction of sp³-hybridized carbons (Fsp3) is 0.235. The summed E-state index contributed by atoms with van der Waals surface area (Å²) in [4.78, 5) is 25.3. The highest BCUT2D eigenvalue weighted by atomic mass is 16.2. The largest absolute Gasteiger partial charge is 0.342 e. The lowest BCUT2D eigenvalue weighted by molar-refractivity contribution is -0.117. The summed E-state index contributed by atoms with van der Waals surface area (Å²) in [5, 5.41) is 12.2. The topological polar surface area (TPSA) is 108 Å². The average molecular weight is 337 g/mol. The van der Waals surface area contributed by atoms with Crippen molar-refractivity contribution in [1.82, 2.24) is 25.1 Å². The molecular formula is C17H19N7O. The summed E-state index contributed by atoms with van der Waals surface area (Å²) in [5.74, 6) is 0.473. The van der Waals surface area contributed by atoms with Gasteiger partial charge in [-0.2, -0.15) is 10.1 Å². The van der Waals surface area contributed by atoms with Gasteiger partial charge in [-0.25, -0.2) is 15.1 Å². The lowest BCUT2D eigenvalue weighted by Gasteiger charge is -2.18. The van der Waals surface area contributed by atoms with Crippen molar-refractivity contribution in [2.75, 3.05) is 10.6 Å². The molecule has 0 saturated heterocycles. The van der Waals surface area contributed by atoms with E-state index >= 15 is 0 Å². The van der Waals surface area contributed by atoms with E-state index in [9.17, 15) is 4.79 Å². The summed E-state index contributed by atoms with van der Waals surface area (Å²) in [5.41, 5.74) is 2.70. The molecule has 0 spiro atoms. The minimum Gasteiger partial charge on any atom is -0.342 e. The summed E-state index contributed by atoms with van der Waals surface area (Å²) >= 11 is 0. The number of aryl methyl sites for hydroxylation is 2. The number of nitrogens with zero attached hydrogens (tertiary/aromatic N) is 4. The fourth-order valence-electron chi connectivity index (χ4n) is 2.47. The van der Waals surface area contributed by atoms with Gasteiger partial charge in [0, 0.05) is 17.8 Å². The zero-order chi connectivity index (χ0) is 17.6. The minimum atomic E-state index is -0.561. The highest BCUT2D eigenvalue weighted by Crippen LogP contribution is 2.11. The van der Waals surface area contributed by atoms with Gasteiger partial charge < -0.3 is 5.32 Å². The van der Waals surface area contributed by atoms with Crippen LogP contribution in [0.4, 0.5) is 11.9 Å². The average Bonchev–Trinajstić information content (AvgIpc) is 3.07. The first-order valence-electron chi connectivity index (χ1n) is 7.89. The van der Waals surface area contributed by atoms with Crippen molar-refractivity contribution in [3.8, 4) is 0 Å². The van der Waals surface area contributed by atoms with Crippen LogP contribution in [0.3, 0.4) is 0 Å². The van der Waals surface area contributed by atoms with Crippen LogP contribution in [0.15, 0.2) is 42.7 Å². The minimum absolute atomic E-state index is 0.247. The number of benzene rings is 1. The quantitative estimate of drug-likeness (QED) is 0.634. The summed E-state index contributed by atoms with van der Waals surface area (Å²) in [7, 11) is 0. The third kappa shape index (κ3) is 4.60. The van der Waals surface area contributed by atoms with Crippen LogP contribution in [-0.4, -0.2) is 37.1 Å². The normalized spacial score (nSPS) is 11.8. The van der Waals surface area contributed by atoms with Gasteiger partial charge in [0.1, 0.15) is 12.4 Å². The monoisotopic (exact) mass is 337 g/mol. The van der Waals surface area contributed by atoms with Crippen molar-refractivity contribution in [2.45, 2.75) is 26.3 Å². The number of amides is 1. The first-order valence-corrected chi connectivity index (χ1v) is 7.89. The number of hydrogen-bond donors (Lipinski definition) is 3. The van der Waals surface area contributed by atoms with Gasteiger partial charge in [-0.15, -0.1) is 0 Å². The van der Waals surface area contributed by atoms with Crippen LogP contribution in [0.2, 0.25) is 0 Å². The number of anilines is 2. The maximum absolute atomic E-state index is 12.7. The Kier molecular flexibility index (Phi) is 4.98. The van der Waals surface area contributed by atoms with Crippen LogP contribution in [0.1, 0.15) is 17.0 Å². The second kappa shape index (κ2) is 7.52. The molecule has 2 heterocycles. The van der Waals surface area contributed by atoms with Gasteiger partial charge in [-0.05, 0) is 25.5 Å². The van der Waals surface area contributed by atoms with Gasteiger partial charge >= 0.3 is 0 Å². The molecule has 0 aliphatic carbocycles. The zero-order valence-corrected chi connectivity index (χ0v) is 14.0. The molecule has 0 radical (unpaired) electrons. The van der Waals surface area contributed by atoms with Gasteiger partial charge in [0.25, 0.3) is 0 Å². The number of carbonyl (C=O) groups excluding carboxylic acids is 1. The van der Waals surface area contributed by atoms with Gasteiger partial charge in [0.15, 0.2) is 0 Å². The number of rotatable bonds is 6. The van der Waals surface area contributed by atoms with Crippen molar-refractivity contribution in [3.63, 3.8) is 0 Å². The van der Waals surface area contributed by atoms with Crippen molar-refractivity contribution >= 4 is 17.8 Å². The number of carbonyl (C=O) groups is 1. The summed E-state index contributed by atoms with van der Waals surface area (Å²) in [6.45, 7) is 3.78. The van der Waals surface area contributed by atoms with Crippen LogP contribution in [-0.2, 0) is 11.2 Å². The number of aromatic amines is 1. The molecule has 0 aliphatic heterocycles. The van der Waals surface area contributed by atoms with Crippen LogP contribution in [0.5, 0.6) is 0 Å². The smallest absolute Gasteiger partial charge is 0.249 e. The molecule has 0 saturated carbocycles. The second-order valence-electron chi connectivity index (χ2n) is 5.68. The second-order valence-corrected chi connectivity index (χ2v) is 5.68. The maximum Gasteiger partial charge on any atom is 0.249 e. The molecule has 0 aliphatic rings. The van der Waals surface area contributed by atoms with Gasteiger partial charge in [-0.1, -0.05) is 30.3 Å². The Morgan fingerprint density at radius 1 is 1.16 bits per heavy atom. The number of aromatic nitrogens is 5. The number of hydrogen-bond acceptors (Lipinski definition) is 6. The Morgan fingerprint density at radius 2 is 1.88 bits per heavy atom. The van der Waals surface area contributed by atoms with Crippen LogP contribution < -0.4 is 10.6 Å². The van der Waals surface area contributed by atoms with Crippen molar-refractivity contribution in [1.29, 1.82) is 0 Å². The van der Waals surface area contributed by atoms with Crippen molar-refractivity contribution in [2.24, 2.45) is 0 Å². The van der Waals surface area contributed by atoms with E-state index in [4.69, 9.17) is 0 Å². The van der Waals surface area contributed by atoms with E-state index in [1.807, 2.05) is 50.2 Å². The molecule has 1 atom stereocenters. The Morgan fingerprint density at radius 3 is 2.52 bits per heavy atom. The van der Waals surface area contributed by atoms with Crippen LogP contribution in [0.25, 0.3) is 0 Å². The van der Waals surface area contributed by atoms with E-state index in [0.717, 1.165) is 17.0 Å². The lowest BCUT2D eigenvalue weighted by atomic mass is 10.1. The molecule has 0 fully saturated rings. The maximum atomic E-state index is 12.7. The molecule has 1 amide bonds. The third-order valence-corrected chi connectivity index (χ3v) is 3.54. The molecule has 3 N–H and O–H groups in total. The molecule has 128 valence electrons. The zero-order valence-electron chi connectivity index (χ0n) is 14.0. The summed E-state index contributed by atoms with van der Waals surface area (Å²) < 4.78 is 0. The molecular weight excluding hydrogens is 318 g/mol. The summed E-state index contributed by atoms with van der Waals surface area (Å²) in [6, 6.07) is 11.1.